The maximum atomic E-state index is 11.6. The standard InChI is InChI=1S/C10H14ClN3O/c1-3-7(4-2)10(15)12-9-6-5-8(11)13-14-9/h5-7H,3-4H2,1-2H3,(H,12,14,15). The molecule has 0 bridgehead atoms. The van der Waals surface area contributed by atoms with Crippen molar-refractivity contribution in [2.24, 2.45) is 5.92 Å². The Bertz CT molecular complexity index is 322. The molecule has 0 aliphatic carbocycles. The van der Waals surface area contributed by atoms with Gasteiger partial charge in [-0.1, -0.05) is 25.4 Å². The van der Waals surface area contributed by atoms with Gasteiger partial charge in [-0.2, -0.15) is 0 Å². The first-order valence-corrected chi connectivity index (χ1v) is 5.35. The molecule has 5 heteroatoms. The summed E-state index contributed by atoms with van der Waals surface area (Å²) in [5.41, 5.74) is 0. The zero-order chi connectivity index (χ0) is 11.3. The van der Waals surface area contributed by atoms with Crippen LogP contribution in [0.25, 0.3) is 0 Å². The van der Waals surface area contributed by atoms with Gasteiger partial charge in [-0.3, -0.25) is 4.79 Å². The summed E-state index contributed by atoms with van der Waals surface area (Å²) in [6, 6.07) is 3.23. The maximum absolute atomic E-state index is 11.6. The van der Waals surface area contributed by atoms with Crippen LogP contribution >= 0.6 is 11.6 Å². The molecule has 0 unspecified atom stereocenters. The molecule has 1 amide bonds. The third-order valence-electron chi connectivity index (χ3n) is 2.24. The number of rotatable bonds is 4. The molecule has 0 radical (unpaired) electrons. The van der Waals surface area contributed by atoms with Gasteiger partial charge >= 0.3 is 0 Å². The Morgan fingerprint density at radius 3 is 2.53 bits per heavy atom. The van der Waals surface area contributed by atoms with E-state index in [0.717, 1.165) is 12.8 Å². The van der Waals surface area contributed by atoms with Crippen LogP contribution < -0.4 is 5.32 Å². The van der Waals surface area contributed by atoms with Gasteiger partial charge in [-0.25, -0.2) is 0 Å². The molecule has 0 fully saturated rings. The van der Waals surface area contributed by atoms with Crippen molar-refractivity contribution < 1.29 is 4.79 Å². The van der Waals surface area contributed by atoms with Crippen LogP contribution in [0.15, 0.2) is 12.1 Å². The lowest BCUT2D eigenvalue weighted by atomic mass is 10.0. The predicted octanol–water partition coefficient (Wildman–Crippen LogP) is 2.50. The van der Waals surface area contributed by atoms with Crippen molar-refractivity contribution in [3.63, 3.8) is 0 Å². The monoisotopic (exact) mass is 227 g/mol. The van der Waals surface area contributed by atoms with Crippen LogP contribution in [-0.4, -0.2) is 16.1 Å². The summed E-state index contributed by atoms with van der Waals surface area (Å²) in [6.45, 7) is 3.97. The van der Waals surface area contributed by atoms with Crippen molar-refractivity contribution in [3.05, 3.63) is 17.3 Å². The number of hydrogen-bond acceptors (Lipinski definition) is 3. The van der Waals surface area contributed by atoms with Gasteiger partial charge in [0, 0.05) is 5.92 Å². The van der Waals surface area contributed by atoms with E-state index in [4.69, 9.17) is 11.6 Å². The third-order valence-corrected chi connectivity index (χ3v) is 2.44. The summed E-state index contributed by atoms with van der Waals surface area (Å²) >= 11 is 5.58. The summed E-state index contributed by atoms with van der Waals surface area (Å²) in [6.07, 6.45) is 1.65. The molecular formula is C10H14ClN3O. The number of nitrogens with one attached hydrogen (secondary N) is 1. The van der Waals surface area contributed by atoms with Crippen LogP contribution in [0.1, 0.15) is 26.7 Å². The number of anilines is 1. The van der Waals surface area contributed by atoms with E-state index in [-0.39, 0.29) is 11.8 Å². The summed E-state index contributed by atoms with van der Waals surface area (Å²) in [4.78, 5) is 11.6. The molecule has 0 saturated carbocycles. The van der Waals surface area contributed by atoms with Gasteiger partial charge in [0.15, 0.2) is 11.0 Å². The molecule has 15 heavy (non-hydrogen) atoms. The molecule has 1 heterocycles. The first-order chi connectivity index (χ1) is 7.17. The lowest BCUT2D eigenvalue weighted by Gasteiger charge is -2.11. The zero-order valence-corrected chi connectivity index (χ0v) is 9.58. The molecule has 4 nitrogen and oxygen atoms in total. The molecule has 1 rings (SSSR count). The van der Waals surface area contributed by atoms with Gasteiger partial charge in [0.05, 0.1) is 0 Å². The minimum atomic E-state index is -0.0170. The highest BCUT2D eigenvalue weighted by Gasteiger charge is 2.14. The third kappa shape index (κ3) is 3.47. The van der Waals surface area contributed by atoms with Crippen molar-refractivity contribution in [1.82, 2.24) is 10.2 Å². The molecule has 1 aromatic heterocycles. The van der Waals surface area contributed by atoms with Gasteiger partial charge in [0.1, 0.15) is 0 Å². The molecule has 0 aromatic carbocycles. The Morgan fingerprint density at radius 1 is 1.40 bits per heavy atom. The number of amides is 1. The summed E-state index contributed by atoms with van der Waals surface area (Å²) in [5, 5.41) is 10.4. The lowest BCUT2D eigenvalue weighted by Crippen LogP contribution is -2.22. The van der Waals surface area contributed by atoms with Crippen molar-refractivity contribution in [3.8, 4) is 0 Å². The zero-order valence-electron chi connectivity index (χ0n) is 8.83. The van der Waals surface area contributed by atoms with Crippen LogP contribution in [0.2, 0.25) is 5.15 Å². The summed E-state index contributed by atoms with van der Waals surface area (Å²) in [7, 11) is 0. The van der Waals surface area contributed by atoms with Crippen LogP contribution in [0.4, 0.5) is 5.82 Å². The fourth-order valence-corrected chi connectivity index (χ4v) is 1.37. The van der Waals surface area contributed by atoms with Gasteiger partial charge < -0.3 is 5.32 Å². The van der Waals surface area contributed by atoms with Gasteiger partial charge in [0.25, 0.3) is 0 Å². The summed E-state index contributed by atoms with van der Waals surface area (Å²) in [5.74, 6) is 0.454. The van der Waals surface area contributed by atoms with Crippen LogP contribution in [0, 0.1) is 5.92 Å². The Labute approximate surface area is 94.0 Å². The van der Waals surface area contributed by atoms with Crippen molar-refractivity contribution in [1.29, 1.82) is 0 Å². The Morgan fingerprint density at radius 2 is 2.07 bits per heavy atom. The Kier molecular flexibility index (Phi) is 4.49. The average Bonchev–Trinajstić information content (AvgIpc) is 2.23. The van der Waals surface area contributed by atoms with E-state index in [1.54, 1.807) is 12.1 Å². The van der Waals surface area contributed by atoms with Crippen molar-refractivity contribution >= 4 is 23.3 Å². The highest BCUT2D eigenvalue weighted by Crippen LogP contribution is 2.12. The SMILES string of the molecule is CCC(CC)C(=O)Nc1ccc(Cl)nn1. The van der Waals surface area contributed by atoms with Crippen LogP contribution in [0.5, 0.6) is 0 Å². The first kappa shape index (κ1) is 11.9. The number of nitrogens with zero attached hydrogens (tertiary/aromatic N) is 2. The van der Waals surface area contributed by atoms with Crippen molar-refractivity contribution in [2.45, 2.75) is 26.7 Å². The number of hydrogen-bond donors (Lipinski definition) is 1. The molecule has 0 spiro atoms. The summed E-state index contributed by atoms with van der Waals surface area (Å²) < 4.78 is 0. The fourth-order valence-electron chi connectivity index (χ4n) is 1.27. The lowest BCUT2D eigenvalue weighted by molar-refractivity contribution is -0.120. The number of carbonyl (C=O) groups excluding carboxylic acids is 1. The molecule has 0 atom stereocenters. The van der Waals surface area contributed by atoms with E-state index in [9.17, 15) is 4.79 Å². The number of aromatic nitrogens is 2. The minimum Gasteiger partial charge on any atom is -0.309 e. The smallest absolute Gasteiger partial charge is 0.228 e. The van der Waals surface area contributed by atoms with E-state index >= 15 is 0 Å². The number of halogens is 1. The van der Waals surface area contributed by atoms with Crippen LogP contribution in [0.3, 0.4) is 0 Å². The molecule has 0 aliphatic rings. The second-order valence-electron chi connectivity index (χ2n) is 3.24. The Balaban J connectivity index is 2.61. The molecule has 0 aliphatic heterocycles. The van der Waals surface area contributed by atoms with E-state index in [0.29, 0.717) is 11.0 Å². The average molecular weight is 228 g/mol. The molecular weight excluding hydrogens is 214 g/mol. The van der Waals surface area contributed by atoms with E-state index in [1.807, 2.05) is 13.8 Å². The quantitative estimate of drug-likeness (QED) is 0.860. The molecule has 82 valence electrons. The topological polar surface area (TPSA) is 54.9 Å². The second kappa shape index (κ2) is 5.66. The highest BCUT2D eigenvalue weighted by atomic mass is 35.5. The molecule has 0 saturated heterocycles. The molecule has 1 aromatic rings. The normalized spacial score (nSPS) is 10.4. The maximum Gasteiger partial charge on any atom is 0.228 e. The van der Waals surface area contributed by atoms with Crippen molar-refractivity contribution in [2.75, 3.05) is 5.32 Å². The largest absolute Gasteiger partial charge is 0.309 e. The second-order valence-corrected chi connectivity index (χ2v) is 3.63. The van der Waals surface area contributed by atoms with E-state index in [2.05, 4.69) is 15.5 Å². The Hall–Kier alpha value is -1.16. The van der Waals surface area contributed by atoms with Crippen LogP contribution in [-0.2, 0) is 4.79 Å². The van der Waals surface area contributed by atoms with Gasteiger partial charge in [-0.15, -0.1) is 10.2 Å². The number of carbonyl (C=O) groups is 1. The van der Waals surface area contributed by atoms with Gasteiger partial charge in [0.2, 0.25) is 5.91 Å². The predicted molar refractivity (Wildman–Crippen MR) is 59.7 cm³/mol. The van der Waals surface area contributed by atoms with E-state index < -0.39 is 0 Å². The highest BCUT2D eigenvalue weighted by molar-refractivity contribution is 6.29. The van der Waals surface area contributed by atoms with E-state index in [1.165, 1.54) is 0 Å². The van der Waals surface area contributed by atoms with Gasteiger partial charge in [-0.05, 0) is 25.0 Å². The molecule has 1 N–H and O–H groups in total. The minimum absolute atomic E-state index is 0.0170. The fraction of sp³-hybridized carbons (Fsp3) is 0.500. The first-order valence-electron chi connectivity index (χ1n) is 4.97.